The summed E-state index contributed by atoms with van der Waals surface area (Å²) in [5.41, 5.74) is 1.45. The van der Waals surface area contributed by atoms with Crippen molar-refractivity contribution in [1.82, 2.24) is 19.6 Å². The molecule has 0 spiro atoms. The van der Waals surface area contributed by atoms with E-state index in [9.17, 15) is 0 Å². The van der Waals surface area contributed by atoms with Crippen molar-refractivity contribution in [3.05, 3.63) is 30.6 Å². The van der Waals surface area contributed by atoms with E-state index in [0.717, 1.165) is 44.1 Å². The van der Waals surface area contributed by atoms with E-state index in [1.54, 1.807) is 31.1 Å². The first kappa shape index (κ1) is 18.3. The number of nitrogens with zero attached hydrogens (tertiary/aromatic N) is 4. The number of benzene rings is 1. The highest BCUT2D eigenvalue weighted by Gasteiger charge is 2.15. The van der Waals surface area contributed by atoms with Gasteiger partial charge in [0, 0.05) is 56.0 Å². The molecule has 1 aromatic carbocycles. The van der Waals surface area contributed by atoms with E-state index < -0.39 is 0 Å². The molecule has 0 saturated carbocycles. The summed E-state index contributed by atoms with van der Waals surface area (Å²) in [5, 5.41) is 11.1. The minimum absolute atomic E-state index is 0.470. The molecule has 9 heteroatoms. The predicted molar refractivity (Wildman–Crippen MR) is 106 cm³/mol. The van der Waals surface area contributed by atoms with Crippen molar-refractivity contribution in [3.8, 4) is 11.5 Å². The molecule has 1 fully saturated rings. The Kier molecular flexibility index (Phi) is 5.43. The third kappa shape index (κ3) is 4.09. The van der Waals surface area contributed by atoms with Crippen LogP contribution in [0.1, 0.15) is 12.8 Å². The van der Waals surface area contributed by atoms with Crippen LogP contribution in [0.3, 0.4) is 0 Å². The van der Waals surface area contributed by atoms with Crippen LogP contribution in [-0.4, -0.2) is 53.6 Å². The number of anilines is 3. The first-order chi connectivity index (χ1) is 13.7. The van der Waals surface area contributed by atoms with Crippen LogP contribution >= 0.6 is 0 Å². The Morgan fingerprint density at radius 2 is 1.89 bits per heavy atom. The standard InChI is InChI=1S/C19H24N6O3/c1-26-15-9-14(10-16(11-15)27-2)22-19-23-18-17(20-5-6-25(18)24-19)21-12-13-3-7-28-8-4-13/h5-6,9-11,13H,3-4,7-8,12H2,1-2H3,(H,20,21)(H,22,24). The van der Waals surface area contributed by atoms with Crippen molar-refractivity contribution in [2.24, 2.45) is 5.92 Å². The van der Waals surface area contributed by atoms with Gasteiger partial charge >= 0.3 is 0 Å². The number of nitrogens with one attached hydrogen (secondary N) is 2. The van der Waals surface area contributed by atoms with Crippen molar-refractivity contribution in [1.29, 1.82) is 0 Å². The average Bonchev–Trinajstić information content (AvgIpc) is 3.15. The fourth-order valence-corrected chi connectivity index (χ4v) is 3.20. The number of hydrogen-bond acceptors (Lipinski definition) is 8. The number of hydrogen-bond donors (Lipinski definition) is 2. The van der Waals surface area contributed by atoms with Gasteiger partial charge in [0.25, 0.3) is 0 Å². The fourth-order valence-electron chi connectivity index (χ4n) is 3.20. The van der Waals surface area contributed by atoms with Crippen LogP contribution in [0.5, 0.6) is 11.5 Å². The highest BCUT2D eigenvalue weighted by molar-refractivity contribution is 5.66. The molecule has 1 aliphatic rings. The topological polar surface area (TPSA) is 94.8 Å². The van der Waals surface area contributed by atoms with Crippen molar-refractivity contribution >= 4 is 23.1 Å². The molecule has 28 heavy (non-hydrogen) atoms. The molecule has 3 aromatic rings. The van der Waals surface area contributed by atoms with E-state index in [1.165, 1.54) is 0 Å². The Bertz CT molecular complexity index is 916. The molecule has 1 aliphatic heterocycles. The van der Waals surface area contributed by atoms with E-state index in [-0.39, 0.29) is 0 Å². The third-order valence-electron chi connectivity index (χ3n) is 4.76. The van der Waals surface area contributed by atoms with Gasteiger partial charge in [-0.15, -0.1) is 5.10 Å². The van der Waals surface area contributed by atoms with Gasteiger partial charge in [-0.3, -0.25) is 0 Å². The molecule has 0 bridgehead atoms. The maximum absolute atomic E-state index is 5.42. The third-order valence-corrected chi connectivity index (χ3v) is 4.76. The zero-order valence-electron chi connectivity index (χ0n) is 16.0. The monoisotopic (exact) mass is 384 g/mol. The molecule has 0 atom stereocenters. The van der Waals surface area contributed by atoms with E-state index in [1.807, 2.05) is 18.2 Å². The molecule has 0 aliphatic carbocycles. The number of rotatable bonds is 7. The lowest BCUT2D eigenvalue weighted by Gasteiger charge is -2.22. The molecule has 4 rings (SSSR count). The first-order valence-electron chi connectivity index (χ1n) is 9.28. The summed E-state index contributed by atoms with van der Waals surface area (Å²) in [6, 6.07) is 5.53. The number of methoxy groups -OCH3 is 2. The van der Waals surface area contributed by atoms with Gasteiger partial charge < -0.3 is 24.8 Å². The van der Waals surface area contributed by atoms with Gasteiger partial charge in [0.15, 0.2) is 11.5 Å². The van der Waals surface area contributed by atoms with E-state index in [2.05, 4.69) is 25.7 Å². The van der Waals surface area contributed by atoms with Crippen LogP contribution in [0.2, 0.25) is 0 Å². The number of aromatic nitrogens is 4. The number of fused-ring (bicyclic) bond motifs is 1. The van der Waals surface area contributed by atoms with Gasteiger partial charge in [-0.25, -0.2) is 9.50 Å². The Morgan fingerprint density at radius 1 is 1.14 bits per heavy atom. The van der Waals surface area contributed by atoms with Crippen LogP contribution in [0.15, 0.2) is 30.6 Å². The summed E-state index contributed by atoms with van der Waals surface area (Å²) >= 11 is 0. The van der Waals surface area contributed by atoms with Crippen molar-refractivity contribution < 1.29 is 14.2 Å². The Morgan fingerprint density at radius 3 is 2.61 bits per heavy atom. The molecule has 2 N–H and O–H groups in total. The maximum Gasteiger partial charge on any atom is 0.247 e. The van der Waals surface area contributed by atoms with Gasteiger partial charge in [-0.1, -0.05) is 0 Å². The zero-order chi connectivity index (χ0) is 19.3. The summed E-state index contributed by atoms with van der Waals surface area (Å²) in [6.07, 6.45) is 5.62. The fraction of sp³-hybridized carbons (Fsp3) is 0.421. The lowest BCUT2D eigenvalue weighted by Crippen LogP contribution is -2.23. The van der Waals surface area contributed by atoms with Gasteiger partial charge in [0.1, 0.15) is 11.5 Å². The SMILES string of the molecule is COc1cc(Nc2nc3c(NCC4CCOCC4)nccn3n2)cc(OC)c1. The van der Waals surface area contributed by atoms with Crippen molar-refractivity contribution in [3.63, 3.8) is 0 Å². The summed E-state index contributed by atoms with van der Waals surface area (Å²) in [5.74, 6) is 3.15. The second-order valence-electron chi connectivity index (χ2n) is 6.64. The predicted octanol–water partition coefficient (Wildman–Crippen LogP) is 2.72. The van der Waals surface area contributed by atoms with E-state index in [4.69, 9.17) is 14.2 Å². The molecular weight excluding hydrogens is 360 g/mol. The van der Waals surface area contributed by atoms with Crippen LogP contribution in [0.25, 0.3) is 5.65 Å². The lowest BCUT2D eigenvalue weighted by molar-refractivity contribution is 0.0699. The first-order valence-corrected chi connectivity index (χ1v) is 9.28. The molecule has 0 amide bonds. The molecular formula is C19H24N6O3. The van der Waals surface area contributed by atoms with Gasteiger partial charge in [0.2, 0.25) is 5.95 Å². The minimum Gasteiger partial charge on any atom is -0.497 e. The van der Waals surface area contributed by atoms with Crippen LogP contribution in [0.4, 0.5) is 17.5 Å². The molecule has 0 unspecified atom stereocenters. The summed E-state index contributed by atoms with van der Waals surface area (Å²) < 4.78 is 17.7. The summed E-state index contributed by atoms with van der Waals surface area (Å²) in [4.78, 5) is 9.03. The smallest absolute Gasteiger partial charge is 0.247 e. The molecule has 148 valence electrons. The molecule has 0 radical (unpaired) electrons. The highest BCUT2D eigenvalue weighted by atomic mass is 16.5. The second kappa shape index (κ2) is 8.30. The molecule has 3 heterocycles. The molecule has 9 nitrogen and oxygen atoms in total. The Hall–Kier alpha value is -3.07. The zero-order valence-corrected chi connectivity index (χ0v) is 16.0. The second-order valence-corrected chi connectivity index (χ2v) is 6.64. The molecule has 1 saturated heterocycles. The lowest BCUT2D eigenvalue weighted by atomic mass is 10.0. The maximum atomic E-state index is 5.42. The van der Waals surface area contributed by atoms with Crippen LogP contribution in [0, 0.1) is 5.92 Å². The largest absolute Gasteiger partial charge is 0.497 e. The highest BCUT2D eigenvalue weighted by Crippen LogP contribution is 2.27. The number of ether oxygens (including phenoxy) is 3. The van der Waals surface area contributed by atoms with Gasteiger partial charge in [-0.05, 0) is 18.8 Å². The van der Waals surface area contributed by atoms with Crippen molar-refractivity contribution in [2.45, 2.75) is 12.8 Å². The summed E-state index contributed by atoms with van der Waals surface area (Å²) in [7, 11) is 3.23. The minimum atomic E-state index is 0.470. The van der Waals surface area contributed by atoms with Crippen molar-refractivity contribution in [2.75, 3.05) is 44.6 Å². The van der Waals surface area contributed by atoms with E-state index >= 15 is 0 Å². The Labute approximate surface area is 163 Å². The summed E-state index contributed by atoms with van der Waals surface area (Å²) in [6.45, 7) is 2.50. The normalized spacial score (nSPS) is 14.8. The molecule has 2 aromatic heterocycles. The quantitative estimate of drug-likeness (QED) is 0.642. The van der Waals surface area contributed by atoms with Gasteiger partial charge in [0.05, 0.1) is 14.2 Å². The average molecular weight is 384 g/mol. The van der Waals surface area contributed by atoms with Crippen LogP contribution in [-0.2, 0) is 4.74 Å². The van der Waals surface area contributed by atoms with Crippen LogP contribution < -0.4 is 20.1 Å². The Balaban J connectivity index is 1.53. The van der Waals surface area contributed by atoms with E-state index in [0.29, 0.717) is 29.0 Å². The van der Waals surface area contributed by atoms with Gasteiger partial charge in [-0.2, -0.15) is 4.98 Å².